The molecule has 0 unspecified atom stereocenters. The first kappa shape index (κ1) is 15.2. The number of imidazole rings is 1. The highest BCUT2D eigenvalue weighted by molar-refractivity contribution is 6.31. The van der Waals surface area contributed by atoms with E-state index in [2.05, 4.69) is 9.97 Å². The Labute approximate surface area is 139 Å². The lowest BCUT2D eigenvalue weighted by atomic mass is 10.2. The summed E-state index contributed by atoms with van der Waals surface area (Å²) in [4.78, 5) is 22.4. The third-order valence-corrected chi connectivity index (χ3v) is 3.84. The molecule has 0 spiro atoms. The Morgan fingerprint density at radius 1 is 1.26 bits per heavy atom. The van der Waals surface area contributed by atoms with Gasteiger partial charge in [-0.25, -0.2) is 9.97 Å². The molecule has 0 saturated carbocycles. The highest BCUT2D eigenvalue weighted by atomic mass is 35.5. The predicted octanol–water partition coefficient (Wildman–Crippen LogP) is 3.19. The van der Waals surface area contributed by atoms with Gasteiger partial charge in [0.15, 0.2) is 0 Å². The summed E-state index contributed by atoms with van der Waals surface area (Å²) >= 11 is 6.14. The number of nitrogens with zero attached hydrogens (tertiary/aromatic N) is 4. The number of pyridine rings is 1. The van der Waals surface area contributed by atoms with Crippen LogP contribution in [0.4, 0.5) is 0 Å². The van der Waals surface area contributed by atoms with Gasteiger partial charge in [0.1, 0.15) is 12.1 Å². The van der Waals surface area contributed by atoms with Crippen LogP contribution in [0.1, 0.15) is 15.9 Å². The largest absolute Gasteiger partial charge is 0.337 e. The number of rotatable bonds is 4. The standard InChI is InChI=1S/C17H15ClN4O/c1-21(11-14-4-2-3-5-15(14)18)17(23)13-6-7-16(20-10-13)22-9-8-19-12-22/h2-10,12H,11H2,1H3. The summed E-state index contributed by atoms with van der Waals surface area (Å²) in [5.74, 6) is 0.613. The van der Waals surface area contributed by atoms with E-state index in [4.69, 9.17) is 11.6 Å². The zero-order chi connectivity index (χ0) is 16.2. The van der Waals surface area contributed by atoms with Crippen LogP contribution < -0.4 is 0 Å². The van der Waals surface area contributed by atoms with Gasteiger partial charge in [-0.2, -0.15) is 0 Å². The summed E-state index contributed by atoms with van der Waals surface area (Å²) < 4.78 is 1.78. The van der Waals surface area contributed by atoms with Gasteiger partial charge < -0.3 is 4.90 Å². The second-order valence-corrected chi connectivity index (χ2v) is 5.53. The van der Waals surface area contributed by atoms with Crippen LogP contribution in [0.5, 0.6) is 0 Å². The van der Waals surface area contributed by atoms with Gasteiger partial charge in [0.25, 0.3) is 5.91 Å². The molecule has 0 aliphatic heterocycles. The van der Waals surface area contributed by atoms with Gasteiger partial charge in [0, 0.05) is 37.2 Å². The minimum Gasteiger partial charge on any atom is -0.337 e. The van der Waals surface area contributed by atoms with Crippen LogP contribution in [0, 0.1) is 0 Å². The van der Waals surface area contributed by atoms with Gasteiger partial charge in [0.2, 0.25) is 0 Å². The van der Waals surface area contributed by atoms with Crippen molar-refractivity contribution >= 4 is 17.5 Å². The van der Waals surface area contributed by atoms with E-state index in [0.717, 1.165) is 5.56 Å². The second-order valence-electron chi connectivity index (χ2n) is 5.13. The number of amides is 1. The van der Waals surface area contributed by atoms with E-state index in [-0.39, 0.29) is 5.91 Å². The van der Waals surface area contributed by atoms with Crippen molar-refractivity contribution in [2.24, 2.45) is 0 Å². The van der Waals surface area contributed by atoms with Gasteiger partial charge in [-0.1, -0.05) is 29.8 Å². The van der Waals surface area contributed by atoms with Crippen molar-refractivity contribution in [2.45, 2.75) is 6.54 Å². The summed E-state index contributed by atoms with van der Waals surface area (Å²) in [6.45, 7) is 0.446. The van der Waals surface area contributed by atoms with Gasteiger partial charge >= 0.3 is 0 Å². The molecule has 0 saturated heterocycles. The monoisotopic (exact) mass is 326 g/mol. The number of carbonyl (C=O) groups excluding carboxylic acids is 1. The maximum atomic E-state index is 12.5. The van der Waals surface area contributed by atoms with Crippen molar-refractivity contribution in [1.29, 1.82) is 0 Å². The van der Waals surface area contributed by atoms with Crippen LogP contribution in [-0.2, 0) is 6.54 Å². The van der Waals surface area contributed by atoms with Crippen LogP contribution in [0.15, 0.2) is 61.3 Å². The number of hydrogen-bond acceptors (Lipinski definition) is 3. The smallest absolute Gasteiger partial charge is 0.255 e. The quantitative estimate of drug-likeness (QED) is 0.740. The maximum Gasteiger partial charge on any atom is 0.255 e. The maximum absolute atomic E-state index is 12.5. The lowest BCUT2D eigenvalue weighted by molar-refractivity contribution is 0.0785. The minimum absolute atomic E-state index is 0.102. The van der Waals surface area contributed by atoms with E-state index in [1.165, 1.54) is 0 Å². The zero-order valence-corrected chi connectivity index (χ0v) is 13.3. The van der Waals surface area contributed by atoms with Crippen molar-refractivity contribution in [1.82, 2.24) is 19.4 Å². The Kier molecular flexibility index (Phi) is 4.39. The Morgan fingerprint density at radius 2 is 2.09 bits per heavy atom. The molecule has 0 fully saturated rings. The van der Waals surface area contributed by atoms with E-state index >= 15 is 0 Å². The zero-order valence-electron chi connectivity index (χ0n) is 12.6. The average molecular weight is 327 g/mol. The van der Waals surface area contributed by atoms with Crippen LogP contribution in [0.25, 0.3) is 5.82 Å². The molecule has 116 valence electrons. The first-order chi connectivity index (χ1) is 11.1. The molecule has 0 bridgehead atoms. The molecule has 1 aromatic carbocycles. The van der Waals surface area contributed by atoms with Crippen molar-refractivity contribution < 1.29 is 4.79 Å². The molecule has 3 rings (SSSR count). The summed E-state index contributed by atoms with van der Waals surface area (Å²) in [5.41, 5.74) is 1.44. The topological polar surface area (TPSA) is 51.0 Å². The summed E-state index contributed by atoms with van der Waals surface area (Å²) in [5, 5.41) is 0.653. The number of benzene rings is 1. The molecule has 23 heavy (non-hydrogen) atoms. The SMILES string of the molecule is CN(Cc1ccccc1Cl)C(=O)c1ccc(-n2ccnc2)nc1. The molecular formula is C17H15ClN4O. The molecule has 2 heterocycles. The highest BCUT2D eigenvalue weighted by Crippen LogP contribution is 2.17. The van der Waals surface area contributed by atoms with Gasteiger partial charge in [0.05, 0.1) is 5.56 Å². The van der Waals surface area contributed by atoms with Gasteiger partial charge in [-0.15, -0.1) is 0 Å². The Morgan fingerprint density at radius 3 is 2.74 bits per heavy atom. The molecule has 0 N–H and O–H groups in total. The average Bonchev–Trinajstić information content (AvgIpc) is 3.11. The van der Waals surface area contributed by atoms with Crippen LogP contribution >= 0.6 is 11.6 Å². The summed E-state index contributed by atoms with van der Waals surface area (Å²) in [7, 11) is 1.75. The lowest BCUT2D eigenvalue weighted by Gasteiger charge is -2.18. The molecular weight excluding hydrogens is 312 g/mol. The Balaban J connectivity index is 1.73. The van der Waals surface area contributed by atoms with Crippen molar-refractivity contribution in [3.8, 4) is 5.82 Å². The van der Waals surface area contributed by atoms with Crippen molar-refractivity contribution in [3.05, 3.63) is 77.5 Å². The molecule has 0 aliphatic carbocycles. The van der Waals surface area contributed by atoms with Crippen molar-refractivity contribution in [3.63, 3.8) is 0 Å². The number of hydrogen-bond donors (Lipinski definition) is 0. The fourth-order valence-electron chi connectivity index (χ4n) is 2.23. The lowest BCUT2D eigenvalue weighted by Crippen LogP contribution is -2.26. The fourth-order valence-corrected chi connectivity index (χ4v) is 2.43. The molecule has 0 aliphatic rings. The number of aromatic nitrogens is 3. The minimum atomic E-state index is -0.102. The van der Waals surface area contributed by atoms with Crippen LogP contribution in [0.2, 0.25) is 5.02 Å². The first-order valence-electron chi connectivity index (χ1n) is 7.08. The number of halogens is 1. The van der Waals surface area contributed by atoms with E-state index in [9.17, 15) is 4.79 Å². The van der Waals surface area contributed by atoms with E-state index in [1.807, 2.05) is 24.3 Å². The van der Waals surface area contributed by atoms with Gasteiger partial charge in [-0.3, -0.25) is 9.36 Å². The summed E-state index contributed by atoms with van der Waals surface area (Å²) in [6.07, 6.45) is 6.71. The fraction of sp³-hybridized carbons (Fsp3) is 0.118. The third-order valence-electron chi connectivity index (χ3n) is 3.48. The normalized spacial score (nSPS) is 10.5. The second kappa shape index (κ2) is 6.62. The molecule has 3 aromatic rings. The van der Waals surface area contributed by atoms with E-state index in [1.54, 1.807) is 53.6 Å². The highest BCUT2D eigenvalue weighted by Gasteiger charge is 2.14. The molecule has 0 atom stereocenters. The Hall–Kier alpha value is -2.66. The molecule has 6 heteroatoms. The number of carbonyl (C=O) groups is 1. The predicted molar refractivity (Wildman–Crippen MR) is 88.6 cm³/mol. The van der Waals surface area contributed by atoms with E-state index < -0.39 is 0 Å². The molecule has 5 nitrogen and oxygen atoms in total. The van der Waals surface area contributed by atoms with Gasteiger partial charge in [-0.05, 0) is 23.8 Å². The third kappa shape index (κ3) is 3.40. The molecule has 2 aromatic heterocycles. The van der Waals surface area contributed by atoms with Crippen LogP contribution in [0.3, 0.4) is 0 Å². The molecule has 1 amide bonds. The Bertz CT molecular complexity index is 800. The summed E-state index contributed by atoms with van der Waals surface area (Å²) in [6, 6.07) is 11.0. The first-order valence-corrected chi connectivity index (χ1v) is 7.46. The molecule has 0 radical (unpaired) electrons. The van der Waals surface area contributed by atoms with E-state index in [0.29, 0.717) is 22.9 Å². The van der Waals surface area contributed by atoms with Crippen LogP contribution in [-0.4, -0.2) is 32.4 Å². The van der Waals surface area contributed by atoms with Crippen molar-refractivity contribution in [2.75, 3.05) is 7.05 Å².